The Hall–Kier alpha value is -2.50. The molecule has 6 heteroatoms. The summed E-state index contributed by atoms with van der Waals surface area (Å²) in [4.78, 5) is 30.8. The number of nitrogens with zero attached hydrogens (tertiary/aromatic N) is 2. The number of fused-ring (bicyclic) bond motifs is 1. The number of benzodiazepines with no additional fused rings is 1. The summed E-state index contributed by atoms with van der Waals surface area (Å²) >= 11 is 6.46. The first-order valence-corrected chi connectivity index (χ1v) is 10.5. The molecule has 2 unspecified atom stereocenters. The van der Waals surface area contributed by atoms with Crippen LogP contribution in [-0.2, 0) is 14.3 Å². The van der Waals surface area contributed by atoms with Gasteiger partial charge in [0.15, 0.2) is 0 Å². The van der Waals surface area contributed by atoms with E-state index in [9.17, 15) is 9.59 Å². The molecular weight excluding hydrogens is 400 g/mol. The van der Waals surface area contributed by atoms with E-state index in [0.29, 0.717) is 10.7 Å². The minimum atomic E-state index is -0.557. The minimum absolute atomic E-state index is 0.0416. The molecule has 3 rings (SSSR count). The van der Waals surface area contributed by atoms with Gasteiger partial charge in [0.1, 0.15) is 12.3 Å². The maximum atomic E-state index is 13.2. The van der Waals surface area contributed by atoms with Gasteiger partial charge in [-0.15, -0.1) is 0 Å². The SMILES string of the molecule is CCC(C)C1N=C(c2ccccc2)c2cccc(Cl)c2N(CC=O)C1=O.CCOC. The summed E-state index contributed by atoms with van der Waals surface area (Å²) in [5.41, 5.74) is 2.98. The molecular formula is C24H29ClN2O3. The highest BCUT2D eigenvalue weighted by molar-refractivity contribution is 6.36. The smallest absolute Gasteiger partial charge is 0.252 e. The molecule has 30 heavy (non-hydrogen) atoms. The Balaban J connectivity index is 0.000000735. The number of rotatable bonds is 6. The molecule has 1 aliphatic heterocycles. The van der Waals surface area contributed by atoms with Crippen molar-refractivity contribution >= 4 is 35.2 Å². The standard InChI is InChI=1S/C21H21ClN2O2.C3H8O/c1-3-14(2)18-21(26)24(12-13-25)20-16(10-7-11-17(20)22)19(23-18)15-8-5-4-6-9-15;1-3-4-2/h4-11,13-14,18H,3,12H2,1-2H3;3H2,1-2H3. The van der Waals surface area contributed by atoms with Crippen LogP contribution in [0.15, 0.2) is 53.5 Å². The normalized spacial score (nSPS) is 16.6. The van der Waals surface area contributed by atoms with Crippen LogP contribution in [0.25, 0.3) is 0 Å². The van der Waals surface area contributed by atoms with Crippen LogP contribution in [-0.4, -0.2) is 44.2 Å². The second-order valence-electron chi connectivity index (χ2n) is 7.00. The van der Waals surface area contributed by atoms with Gasteiger partial charge >= 0.3 is 0 Å². The third-order valence-corrected chi connectivity index (χ3v) is 5.38. The van der Waals surface area contributed by atoms with Crippen LogP contribution >= 0.6 is 11.6 Å². The van der Waals surface area contributed by atoms with Gasteiger partial charge in [0.05, 0.1) is 23.0 Å². The van der Waals surface area contributed by atoms with Gasteiger partial charge in [0.2, 0.25) is 0 Å². The Morgan fingerprint density at radius 3 is 2.40 bits per heavy atom. The molecule has 1 aliphatic rings. The largest absolute Gasteiger partial charge is 0.385 e. The predicted octanol–water partition coefficient (Wildman–Crippen LogP) is 4.79. The van der Waals surface area contributed by atoms with Gasteiger partial charge in [-0.2, -0.15) is 0 Å². The zero-order valence-electron chi connectivity index (χ0n) is 18.0. The lowest BCUT2D eigenvalue weighted by atomic mass is 9.98. The molecule has 0 fully saturated rings. The van der Waals surface area contributed by atoms with Crippen LogP contribution in [0.3, 0.4) is 0 Å². The Kier molecular flexibility index (Phi) is 9.21. The van der Waals surface area contributed by atoms with Crippen molar-refractivity contribution < 1.29 is 14.3 Å². The van der Waals surface area contributed by atoms with Crippen molar-refractivity contribution in [3.63, 3.8) is 0 Å². The second kappa shape index (κ2) is 11.6. The summed E-state index contributed by atoms with van der Waals surface area (Å²) in [6, 6.07) is 14.7. The number of amides is 1. The van der Waals surface area contributed by atoms with Crippen molar-refractivity contribution in [2.75, 3.05) is 25.2 Å². The van der Waals surface area contributed by atoms with E-state index in [4.69, 9.17) is 16.6 Å². The highest BCUT2D eigenvalue weighted by Crippen LogP contribution is 2.36. The van der Waals surface area contributed by atoms with Gasteiger partial charge in [-0.1, -0.05) is 74.3 Å². The molecule has 0 bridgehead atoms. The van der Waals surface area contributed by atoms with Crippen LogP contribution in [0, 0.1) is 5.92 Å². The summed E-state index contributed by atoms with van der Waals surface area (Å²) in [5, 5.41) is 0.436. The fourth-order valence-electron chi connectivity index (χ4n) is 3.19. The lowest BCUT2D eigenvalue weighted by Gasteiger charge is -2.26. The summed E-state index contributed by atoms with van der Waals surface area (Å²) in [6.07, 6.45) is 1.53. The number of ether oxygens (including phenoxy) is 1. The van der Waals surface area contributed by atoms with E-state index in [2.05, 4.69) is 4.74 Å². The maximum absolute atomic E-state index is 13.2. The van der Waals surface area contributed by atoms with Gasteiger partial charge in [-0.3, -0.25) is 9.79 Å². The first kappa shape index (κ1) is 23.8. The van der Waals surface area contributed by atoms with E-state index < -0.39 is 6.04 Å². The fourth-order valence-corrected chi connectivity index (χ4v) is 3.47. The van der Waals surface area contributed by atoms with Crippen molar-refractivity contribution in [2.24, 2.45) is 10.9 Å². The van der Waals surface area contributed by atoms with Crippen molar-refractivity contribution in [2.45, 2.75) is 33.2 Å². The van der Waals surface area contributed by atoms with Crippen molar-refractivity contribution in [3.8, 4) is 0 Å². The van der Waals surface area contributed by atoms with Crippen molar-refractivity contribution in [1.29, 1.82) is 0 Å². The number of carbonyl (C=O) groups excluding carboxylic acids is 2. The Bertz CT molecular complexity index is 881. The number of hydrogen-bond acceptors (Lipinski definition) is 4. The fraction of sp³-hybridized carbons (Fsp3) is 0.375. The molecule has 160 valence electrons. The van der Waals surface area contributed by atoms with Crippen LogP contribution in [0.4, 0.5) is 5.69 Å². The minimum Gasteiger partial charge on any atom is -0.385 e. The Morgan fingerprint density at radius 1 is 1.17 bits per heavy atom. The third kappa shape index (κ3) is 5.35. The molecule has 0 aliphatic carbocycles. The molecule has 1 amide bonds. The predicted molar refractivity (Wildman–Crippen MR) is 123 cm³/mol. The highest BCUT2D eigenvalue weighted by Gasteiger charge is 2.35. The van der Waals surface area contributed by atoms with Crippen LogP contribution in [0.1, 0.15) is 38.3 Å². The third-order valence-electron chi connectivity index (χ3n) is 5.08. The van der Waals surface area contributed by atoms with Gasteiger partial charge in [-0.25, -0.2) is 0 Å². The van der Waals surface area contributed by atoms with Gasteiger partial charge in [0, 0.05) is 24.8 Å². The Labute approximate surface area is 183 Å². The Morgan fingerprint density at radius 2 is 1.83 bits per heavy atom. The molecule has 0 spiro atoms. The van der Waals surface area contributed by atoms with Gasteiger partial charge < -0.3 is 14.4 Å². The van der Waals surface area contributed by atoms with Crippen LogP contribution < -0.4 is 4.90 Å². The summed E-state index contributed by atoms with van der Waals surface area (Å²) in [5.74, 6) is -0.143. The number of anilines is 1. The summed E-state index contributed by atoms with van der Waals surface area (Å²) in [6.45, 7) is 6.77. The van der Waals surface area contributed by atoms with Gasteiger partial charge in [0.25, 0.3) is 5.91 Å². The molecule has 0 aromatic heterocycles. The quantitative estimate of drug-likeness (QED) is 0.621. The highest BCUT2D eigenvalue weighted by atomic mass is 35.5. The first-order valence-electron chi connectivity index (χ1n) is 10.2. The summed E-state index contributed by atoms with van der Waals surface area (Å²) in [7, 11) is 1.68. The zero-order valence-corrected chi connectivity index (χ0v) is 18.7. The number of aldehydes is 1. The average Bonchev–Trinajstić information content (AvgIpc) is 2.90. The van der Waals surface area contributed by atoms with E-state index >= 15 is 0 Å². The number of benzene rings is 2. The topological polar surface area (TPSA) is 59.0 Å². The second-order valence-corrected chi connectivity index (χ2v) is 7.41. The van der Waals surface area contributed by atoms with Crippen molar-refractivity contribution in [1.82, 2.24) is 0 Å². The average molecular weight is 429 g/mol. The lowest BCUT2D eigenvalue weighted by Crippen LogP contribution is -2.41. The molecule has 0 radical (unpaired) electrons. The number of carbonyl (C=O) groups is 2. The van der Waals surface area contributed by atoms with E-state index in [-0.39, 0.29) is 18.4 Å². The van der Waals surface area contributed by atoms with E-state index in [1.807, 2.05) is 63.2 Å². The molecule has 2 aromatic carbocycles. The van der Waals surface area contributed by atoms with E-state index in [1.165, 1.54) is 4.90 Å². The molecule has 0 saturated heterocycles. The van der Waals surface area contributed by atoms with Crippen LogP contribution in [0.5, 0.6) is 0 Å². The van der Waals surface area contributed by atoms with Crippen LogP contribution in [0.2, 0.25) is 5.02 Å². The maximum Gasteiger partial charge on any atom is 0.252 e. The van der Waals surface area contributed by atoms with E-state index in [1.54, 1.807) is 13.2 Å². The number of hydrogen-bond donors (Lipinski definition) is 0. The number of para-hydroxylation sites is 1. The first-order chi connectivity index (χ1) is 14.5. The van der Waals surface area contributed by atoms with Gasteiger partial charge in [-0.05, 0) is 18.9 Å². The number of methoxy groups -OCH3 is 1. The zero-order chi connectivity index (χ0) is 22.1. The van der Waals surface area contributed by atoms with Crippen molar-refractivity contribution in [3.05, 3.63) is 64.7 Å². The molecule has 1 heterocycles. The molecule has 2 atom stereocenters. The molecule has 2 aromatic rings. The number of aliphatic imine (C=N–C) groups is 1. The number of halogens is 1. The molecule has 0 saturated carbocycles. The molecule has 5 nitrogen and oxygen atoms in total. The van der Waals surface area contributed by atoms with E-state index in [0.717, 1.165) is 36.2 Å². The lowest BCUT2D eigenvalue weighted by molar-refractivity contribution is -0.121. The summed E-state index contributed by atoms with van der Waals surface area (Å²) < 4.78 is 4.54. The molecule has 0 N–H and O–H groups in total. The monoisotopic (exact) mass is 428 g/mol.